The number of hydrogen-bond donors (Lipinski definition) is 2. The molecule has 0 radical (unpaired) electrons. The first-order valence-electron chi connectivity index (χ1n) is 5.50. The zero-order valence-corrected chi connectivity index (χ0v) is 9.00. The lowest BCUT2D eigenvalue weighted by molar-refractivity contribution is 0.0952. The van der Waals surface area contributed by atoms with Gasteiger partial charge in [-0.1, -0.05) is 12.8 Å². The second-order valence-corrected chi connectivity index (χ2v) is 4.22. The molecule has 0 heterocycles. The fraction of sp³-hybridized carbons (Fsp3) is 0.417. The maximum atomic E-state index is 12.9. The molecule has 0 saturated heterocycles. The minimum Gasteiger partial charge on any atom is -0.396 e. The average molecular weight is 222 g/mol. The van der Waals surface area contributed by atoms with Gasteiger partial charge in [0.2, 0.25) is 0 Å². The van der Waals surface area contributed by atoms with Crippen LogP contribution in [0.5, 0.6) is 0 Å². The van der Waals surface area contributed by atoms with E-state index < -0.39 is 5.82 Å². The van der Waals surface area contributed by atoms with E-state index in [9.17, 15) is 9.18 Å². The van der Waals surface area contributed by atoms with Crippen molar-refractivity contribution in [3.8, 4) is 0 Å². The van der Waals surface area contributed by atoms with E-state index in [2.05, 4.69) is 5.32 Å². The summed E-state index contributed by atoms with van der Waals surface area (Å²) in [6, 6.07) is 4.02. The highest BCUT2D eigenvalue weighted by atomic mass is 19.1. The normalized spacial score (nSPS) is 14.8. The van der Waals surface area contributed by atoms with Gasteiger partial charge in [0.05, 0.1) is 5.69 Å². The molecule has 0 atom stereocenters. The molecule has 0 aliphatic heterocycles. The lowest BCUT2D eigenvalue weighted by Crippen LogP contribution is -2.24. The maximum absolute atomic E-state index is 12.9. The van der Waals surface area contributed by atoms with Crippen LogP contribution < -0.4 is 11.1 Å². The monoisotopic (exact) mass is 222 g/mol. The Balaban J connectivity index is 1.88. The Morgan fingerprint density at radius 2 is 2.25 bits per heavy atom. The Morgan fingerprint density at radius 3 is 2.88 bits per heavy atom. The van der Waals surface area contributed by atoms with Crippen LogP contribution in [0.15, 0.2) is 18.2 Å². The molecule has 3 N–H and O–H groups in total. The predicted octanol–water partition coefficient (Wildman–Crippen LogP) is 1.94. The quantitative estimate of drug-likeness (QED) is 0.765. The van der Waals surface area contributed by atoms with Crippen LogP contribution in [-0.2, 0) is 0 Å². The summed E-state index contributed by atoms with van der Waals surface area (Å²) in [6.45, 7) is 0.681. The van der Waals surface area contributed by atoms with Gasteiger partial charge in [-0.2, -0.15) is 0 Å². The van der Waals surface area contributed by atoms with E-state index in [1.165, 1.54) is 31.0 Å². The van der Waals surface area contributed by atoms with Gasteiger partial charge in [-0.3, -0.25) is 4.79 Å². The smallest absolute Gasteiger partial charge is 0.251 e. The van der Waals surface area contributed by atoms with Crippen LogP contribution in [-0.4, -0.2) is 12.5 Å². The van der Waals surface area contributed by atoms with Gasteiger partial charge in [-0.05, 0) is 30.5 Å². The van der Waals surface area contributed by atoms with E-state index >= 15 is 0 Å². The van der Waals surface area contributed by atoms with Gasteiger partial charge < -0.3 is 11.1 Å². The third-order valence-electron chi connectivity index (χ3n) is 2.79. The number of nitrogen functional groups attached to an aromatic ring is 1. The second-order valence-electron chi connectivity index (χ2n) is 4.22. The number of hydrogen-bond acceptors (Lipinski definition) is 2. The van der Waals surface area contributed by atoms with Crippen molar-refractivity contribution < 1.29 is 9.18 Å². The number of amides is 1. The van der Waals surface area contributed by atoms with E-state index in [4.69, 9.17) is 5.73 Å². The van der Waals surface area contributed by atoms with E-state index in [1.54, 1.807) is 0 Å². The van der Waals surface area contributed by atoms with Gasteiger partial charge in [-0.25, -0.2) is 4.39 Å². The number of carbonyl (C=O) groups is 1. The molecule has 4 heteroatoms. The van der Waals surface area contributed by atoms with Crippen LogP contribution in [0.3, 0.4) is 0 Å². The summed E-state index contributed by atoms with van der Waals surface area (Å²) in [7, 11) is 0. The molecule has 0 unspecified atom stereocenters. The highest BCUT2D eigenvalue weighted by molar-refractivity contribution is 5.94. The summed E-state index contributed by atoms with van der Waals surface area (Å²) in [5.74, 6) is 0.112. The molecule has 0 bridgehead atoms. The van der Waals surface area contributed by atoms with Crippen molar-refractivity contribution >= 4 is 11.6 Å². The number of benzene rings is 1. The Hall–Kier alpha value is -1.58. The molecule has 1 aliphatic rings. The van der Waals surface area contributed by atoms with Crippen LogP contribution in [0.2, 0.25) is 0 Å². The molecule has 0 spiro atoms. The van der Waals surface area contributed by atoms with Crippen LogP contribution in [0.25, 0.3) is 0 Å². The van der Waals surface area contributed by atoms with Crippen molar-refractivity contribution in [2.75, 3.05) is 12.3 Å². The molecule has 2 rings (SSSR count). The summed E-state index contributed by atoms with van der Waals surface area (Å²) in [5.41, 5.74) is 5.81. The molecule has 1 aromatic rings. The molecular weight excluding hydrogens is 207 g/mol. The van der Waals surface area contributed by atoms with Gasteiger partial charge in [0.25, 0.3) is 5.91 Å². The number of anilines is 1. The van der Waals surface area contributed by atoms with Crippen molar-refractivity contribution in [3.05, 3.63) is 29.6 Å². The number of rotatable bonds is 4. The molecule has 86 valence electrons. The molecule has 1 aromatic carbocycles. The number of carbonyl (C=O) groups excluding carboxylic acids is 1. The van der Waals surface area contributed by atoms with Crippen molar-refractivity contribution in [3.63, 3.8) is 0 Å². The third kappa shape index (κ3) is 2.72. The minimum atomic E-state index is -0.491. The van der Waals surface area contributed by atoms with Crippen LogP contribution in [0.4, 0.5) is 10.1 Å². The van der Waals surface area contributed by atoms with Crippen LogP contribution >= 0.6 is 0 Å². The van der Waals surface area contributed by atoms with Crippen molar-refractivity contribution in [2.24, 2.45) is 5.92 Å². The maximum Gasteiger partial charge on any atom is 0.251 e. The molecule has 1 saturated carbocycles. The standard InChI is InChI=1S/C12H15FN2O/c13-10-4-3-9(7-11(10)14)12(16)15-6-5-8-1-2-8/h3-4,7-8H,1-2,5-6,14H2,(H,15,16). The van der Waals surface area contributed by atoms with E-state index in [0.717, 1.165) is 12.3 Å². The van der Waals surface area contributed by atoms with Crippen LogP contribution in [0, 0.1) is 11.7 Å². The van der Waals surface area contributed by atoms with Crippen molar-refractivity contribution in [2.45, 2.75) is 19.3 Å². The summed E-state index contributed by atoms with van der Waals surface area (Å²) in [4.78, 5) is 11.6. The van der Waals surface area contributed by atoms with Gasteiger partial charge in [-0.15, -0.1) is 0 Å². The van der Waals surface area contributed by atoms with E-state index in [-0.39, 0.29) is 11.6 Å². The van der Waals surface area contributed by atoms with Gasteiger partial charge >= 0.3 is 0 Å². The first-order chi connectivity index (χ1) is 7.66. The predicted molar refractivity (Wildman–Crippen MR) is 60.5 cm³/mol. The average Bonchev–Trinajstić information content (AvgIpc) is 3.06. The number of nitrogens with two attached hydrogens (primary N) is 1. The zero-order valence-electron chi connectivity index (χ0n) is 9.00. The van der Waals surface area contributed by atoms with Gasteiger partial charge in [0.15, 0.2) is 0 Å². The van der Waals surface area contributed by atoms with E-state index in [1.807, 2.05) is 0 Å². The topological polar surface area (TPSA) is 55.1 Å². The minimum absolute atomic E-state index is 0.00911. The number of nitrogens with one attached hydrogen (secondary N) is 1. The Bertz CT molecular complexity index is 402. The van der Waals surface area contributed by atoms with Gasteiger partial charge in [0, 0.05) is 12.1 Å². The SMILES string of the molecule is Nc1cc(C(=O)NCCC2CC2)ccc1F. The van der Waals surface area contributed by atoms with E-state index in [0.29, 0.717) is 12.1 Å². The first kappa shape index (κ1) is 10.9. The van der Waals surface area contributed by atoms with Crippen molar-refractivity contribution in [1.82, 2.24) is 5.32 Å². The summed E-state index contributed by atoms with van der Waals surface area (Å²) < 4.78 is 12.9. The first-order valence-corrected chi connectivity index (χ1v) is 5.50. The fourth-order valence-electron chi connectivity index (χ4n) is 1.58. The molecular formula is C12H15FN2O. The van der Waals surface area contributed by atoms with Crippen molar-refractivity contribution in [1.29, 1.82) is 0 Å². The molecule has 1 amide bonds. The summed E-state index contributed by atoms with van der Waals surface area (Å²) in [6.07, 6.45) is 3.58. The second kappa shape index (κ2) is 4.51. The fourth-order valence-corrected chi connectivity index (χ4v) is 1.58. The Labute approximate surface area is 93.8 Å². The summed E-state index contributed by atoms with van der Waals surface area (Å²) >= 11 is 0. The molecule has 1 aliphatic carbocycles. The Kier molecular flexibility index (Phi) is 3.08. The Morgan fingerprint density at radius 1 is 1.50 bits per heavy atom. The summed E-state index contributed by atoms with van der Waals surface area (Å²) in [5, 5.41) is 2.80. The zero-order chi connectivity index (χ0) is 11.5. The highest BCUT2D eigenvalue weighted by Gasteiger charge is 2.20. The van der Waals surface area contributed by atoms with Gasteiger partial charge in [0.1, 0.15) is 5.82 Å². The molecule has 16 heavy (non-hydrogen) atoms. The lowest BCUT2D eigenvalue weighted by atomic mass is 10.2. The molecule has 0 aromatic heterocycles. The van der Waals surface area contributed by atoms with Crippen LogP contribution in [0.1, 0.15) is 29.6 Å². The largest absolute Gasteiger partial charge is 0.396 e. The third-order valence-corrected chi connectivity index (χ3v) is 2.79. The molecule has 1 fully saturated rings. The lowest BCUT2D eigenvalue weighted by Gasteiger charge is -2.05. The molecule has 3 nitrogen and oxygen atoms in total. The highest BCUT2D eigenvalue weighted by Crippen LogP contribution is 2.31. The number of halogens is 1.